The van der Waals surface area contributed by atoms with Crippen LogP contribution in [0.15, 0.2) is 30.1 Å². The van der Waals surface area contributed by atoms with Crippen molar-refractivity contribution in [3.63, 3.8) is 0 Å². The van der Waals surface area contributed by atoms with Gasteiger partial charge in [-0.15, -0.1) is 0 Å². The lowest BCUT2D eigenvalue weighted by molar-refractivity contribution is 0.254. The average Bonchev–Trinajstić information content (AvgIpc) is 2.58. The van der Waals surface area contributed by atoms with E-state index in [2.05, 4.69) is 25.2 Å². The molecule has 0 saturated heterocycles. The highest BCUT2D eigenvalue weighted by molar-refractivity contribution is 5.57. The molecule has 0 spiro atoms. The molecule has 1 aliphatic rings. The number of nitrogens with zero attached hydrogens (tertiary/aromatic N) is 4. The van der Waals surface area contributed by atoms with Crippen molar-refractivity contribution in [2.45, 2.75) is 0 Å². The van der Waals surface area contributed by atoms with Gasteiger partial charge in [0.1, 0.15) is 0 Å². The summed E-state index contributed by atoms with van der Waals surface area (Å²) in [6, 6.07) is 0. The summed E-state index contributed by atoms with van der Waals surface area (Å²) < 4.78 is 0. The highest BCUT2D eigenvalue weighted by atomic mass is 16.6. The standard InChI is InChI=1S/C6H4N4O/c1-2-8-5(3-7-1)6-4-11-10-9-6/h1-4H/q+1. The van der Waals surface area contributed by atoms with Gasteiger partial charge in [0, 0.05) is 12.4 Å². The Morgan fingerprint density at radius 3 is 3.00 bits per heavy atom. The maximum atomic E-state index is 4.54. The van der Waals surface area contributed by atoms with Gasteiger partial charge in [0.25, 0.3) is 10.4 Å². The SMILES string of the molecule is C1=C(c2cnccn2)[N+]=NO1. The molecule has 1 aliphatic heterocycles. The highest BCUT2D eigenvalue weighted by Gasteiger charge is 2.21. The topological polar surface area (TPSA) is 61.5 Å². The Labute approximate surface area is 62.4 Å². The fourth-order valence-corrected chi connectivity index (χ4v) is 0.708. The molecule has 0 saturated carbocycles. The lowest BCUT2D eigenvalue weighted by Crippen LogP contribution is -1.90. The molecular formula is C6H4N4O+. The van der Waals surface area contributed by atoms with Gasteiger partial charge in [-0.05, 0) is 0 Å². The quantitative estimate of drug-likeness (QED) is 0.582. The summed E-state index contributed by atoms with van der Waals surface area (Å²) in [5.74, 6) is 0. The number of hydrogen-bond donors (Lipinski definition) is 0. The van der Waals surface area contributed by atoms with E-state index in [9.17, 15) is 0 Å². The van der Waals surface area contributed by atoms with E-state index in [0.717, 1.165) is 0 Å². The van der Waals surface area contributed by atoms with Crippen LogP contribution in [-0.2, 0) is 4.84 Å². The minimum absolute atomic E-state index is 0.595. The van der Waals surface area contributed by atoms with Crippen molar-refractivity contribution in [1.29, 1.82) is 0 Å². The Hall–Kier alpha value is -1.78. The van der Waals surface area contributed by atoms with Gasteiger partial charge in [0.15, 0.2) is 5.69 Å². The molecule has 53 valence electrons. The van der Waals surface area contributed by atoms with Crippen LogP contribution in [0.3, 0.4) is 0 Å². The first kappa shape index (κ1) is 5.96. The first-order valence-corrected chi connectivity index (χ1v) is 3.00. The molecule has 2 heterocycles. The molecule has 5 nitrogen and oxygen atoms in total. The molecule has 0 aliphatic carbocycles. The van der Waals surface area contributed by atoms with E-state index in [1.807, 2.05) is 0 Å². The summed E-state index contributed by atoms with van der Waals surface area (Å²) >= 11 is 0. The summed E-state index contributed by atoms with van der Waals surface area (Å²) in [7, 11) is 0. The molecular weight excluding hydrogens is 144 g/mol. The highest BCUT2D eigenvalue weighted by Crippen LogP contribution is 2.09. The average molecular weight is 148 g/mol. The fraction of sp³-hybridized carbons (Fsp3) is 0. The molecule has 2 rings (SSSR count). The molecule has 0 amide bonds. The van der Waals surface area contributed by atoms with Crippen LogP contribution < -0.4 is 5.11 Å². The van der Waals surface area contributed by atoms with Gasteiger partial charge in [0.05, 0.1) is 6.20 Å². The summed E-state index contributed by atoms with van der Waals surface area (Å²) in [4.78, 5) is 12.4. The van der Waals surface area contributed by atoms with Gasteiger partial charge in [0.2, 0.25) is 6.26 Å². The van der Waals surface area contributed by atoms with Crippen LogP contribution in [0.4, 0.5) is 0 Å². The molecule has 11 heavy (non-hydrogen) atoms. The van der Waals surface area contributed by atoms with Crippen molar-refractivity contribution < 1.29 is 4.84 Å². The third-order valence-corrected chi connectivity index (χ3v) is 1.19. The maximum absolute atomic E-state index is 4.54. The molecule has 0 N–H and O–H groups in total. The lowest BCUT2D eigenvalue weighted by atomic mass is 10.4. The van der Waals surface area contributed by atoms with E-state index < -0.39 is 0 Å². The van der Waals surface area contributed by atoms with Gasteiger partial charge in [-0.1, -0.05) is 0 Å². The van der Waals surface area contributed by atoms with Gasteiger partial charge < -0.3 is 4.84 Å². The Morgan fingerprint density at radius 2 is 2.36 bits per heavy atom. The van der Waals surface area contributed by atoms with Crippen molar-refractivity contribution in [3.8, 4) is 0 Å². The minimum atomic E-state index is 0.595. The minimum Gasteiger partial charge on any atom is -0.303 e. The molecule has 1 aromatic heterocycles. The van der Waals surface area contributed by atoms with Crippen LogP contribution in [0, 0.1) is 0 Å². The van der Waals surface area contributed by atoms with Crippen LogP contribution in [-0.4, -0.2) is 9.97 Å². The summed E-state index contributed by atoms with van der Waals surface area (Å²) in [6.45, 7) is 0. The second kappa shape index (κ2) is 2.45. The number of rotatable bonds is 1. The largest absolute Gasteiger partial charge is 0.380 e. The van der Waals surface area contributed by atoms with Crippen LogP contribution in [0.2, 0.25) is 0 Å². The zero-order chi connectivity index (χ0) is 7.52. The van der Waals surface area contributed by atoms with Gasteiger partial charge in [-0.25, -0.2) is 4.98 Å². The first-order valence-electron chi connectivity index (χ1n) is 3.00. The van der Waals surface area contributed by atoms with Crippen molar-refractivity contribution in [1.82, 2.24) is 15.1 Å². The van der Waals surface area contributed by atoms with Crippen LogP contribution in [0.1, 0.15) is 5.69 Å². The number of hydrogen-bond acceptors (Lipinski definition) is 5. The van der Waals surface area contributed by atoms with Crippen LogP contribution >= 0.6 is 0 Å². The van der Waals surface area contributed by atoms with Crippen molar-refractivity contribution in [3.05, 3.63) is 30.5 Å². The third-order valence-electron chi connectivity index (χ3n) is 1.19. The van der Waals surface area contributed by atoms with Crippen molar-refractivity contribution in [2.24, 2.45) is 5.28 Å². The van der Waals surface area contributed by atoms with Gasteiger partial charge in [-0.2, -0.15) is 0 Å². The Balaban J connectivity index is 2.37. The fourth-order valence-electron chi connectivity index (χ4n) is 0.708. The molecule has 5 heteroatoms. The Kier molecular flexibility index (Phi) is 1.33. The van der Waals surface area contributed by atoms with Crippen molar-refractivity contribution in [2.75, 3.05) is 0 Å². The Morgan fingerprint density at radius 1 is 1.36 bits per heavy atom. The zero-order valence-corrected chi connectivity index (χ0v) is 5.51. The summed E-state index contributed by atoms with van der Waals surface area (Å²) in [6.07, 6.45) is 6.20. The van der Waals surface area contributed by atoms with Crippen LogP contribution in [0.5, 0.6) is 0 Å². The lowest BCUT2D eigenvalue weighted by Gasteiger charge is -1.83. The van der Waals surface area contributed by atoms with Gasteiger partial charge >= 0.3 is 5.70 Å². The molecule has 0 bridgehead atoms. The van der Waals surface area contributed by atoms with E-state index in [4.69, 9.17) is 0 Å². The van der Waals surface area contributed by atoms with E-state index in [0.29, 0.717) is 11.4 Å². The molecule has 1 aromatic rings. The molecule has 0 fully saturated rings. The number of aromatic nitrogens is 2. The monoisotopic (exact) mass is 148 g/mol. The van der Waals surface area contributed by atoms with Gasteiger partial charge in [-0.3, -0.25) is 4.98 Å². The molecule has 0 aromatic carbocycles. The smallest absolute Gasteiger partial charge is 0.303 e. The predicted molar refractivity (Wildman–Crippen MR) is 35.7 cm³/mol. The second-order valence-corrected chi connectivity index (χ2v) is 1.88. The maximum Gasteiger partial charge on any atom is 0.380 e. The normalized spacial score (nSPS) is 14.4. The van der Waals surface area contributed by atoms with E-state index in [1.54, 1.807) is 18.6 Å². The molecule has 0 unspecified atom stereocenters. The van der Waals surface area contributed by atoms with Crippen molar-refractivity contribution >= 4 is 5.70 Å². The molecule has 0 atom stereocenters. The summed E-state index contributed by atoms with van der Waals surface area (Å²) in [5, 5.41) is 6.97. The second-order valence-electron chi connectivity index (χ2n) is 1.88. The van der Waals surface area contributed by atoms with Crippen LogP contribution in [0.25, 0.3) is 5.70 Å². The Bertz CT molecular complexity index is 306. The first-order chi connectivity index (χ1) is 5.47. The third kappa shape index (κ3) is 1.07. The van der Waals surface area contributed by atoms with E-state index >= 15 is 0 Å². The molecule has 1 radical (unpaired) electrons. The van der Waals surface area contributed by atoms with E-state index in [1.165, 1.54) is 6.26 Å². The predicted octanol–water partition coefficient (Wildman–Crippen LogP) is 0.508. The van der Waals surface area contributed by atoms with E-state index in [-0.39, 0.29) is 0 Å². The zero-order valence-electron chi connectivity index (χ0n) is 5.51. The summed E-state index contributed by atoms with van der Waals surface area (Å²) in [5.41, 5.74) is 1.26.